The molecule has 1 aliphatic rings. The quantitative estimate of drug-likeness (QED) is 0.487. The molecule has 1 aromatic heterocycles. The molecule has 0 amide bonds. The highest BCUT2D eigenvalue weighted by molar-refractivity contribution is 5.89. The minimum absolute atomic E-state index is 0.0788. The fraction of sp³-hybridized carbons (Fsp3) is 0.200. The van der Waals surface area contributed by atoms with E-state index in [0.29, 0.717) is 33.8 Å². The van der Waals surface area contributed by atoms with Crippen LogP contribution in [0.2, 0.25) is 0 Å². The van der Waals surface area contributed by atoms with Crippen molar-refractivity contribution in [2.45, 2.75) is 6.92 Å². The monoisotopic (exact) mass is 288 g/mol. The average molecular weight is 288 g/mol. The predicted octanol–water partition coefficient (Wildman–Crippen LogP) is 2.05. The Morgan fingerprint density at radius 1 is 1.38 bits per heavy atom. The molecular formula is C15H12O6. The van der Waals surface area contributed by atoms with E-state index in [1.54, 1.807) is 25.1 Å². The van der Waals surface area contributed by atoms with Gasteiger partial charge in [-0.1, -0.05) is 0 Å². The van der Waals surface area contributed by atoms with E-state index in [-0.39, 0.29) is 13.4 Å². The SMILES string of the molecule is C/C(C=O)=C\COc1c2c(cc3oc(=O)ccc13)OCO2. The lowest BCUT2D eigenvalue weighted by molar-refractivity contribution is -0.104. The standard InChI is InChI=1S/C15H12O6/c1-9(7-16)4-5-18-14-10-2-3-13(17)21-11(10)6-12-15(14)20-8-19-12/h2-4,6-7H,5,8H2,1H3/b9-4+. The molecule has 0 radical (unpaired) electrons. The van der Waals surface area contributed by atoms with Gasteiger partial charge in [0.25, 0.3) is 0 Å². The molecule has 2 aromatic rings. The second-order valence-electron chi connectivity index (χ2n) is 4.48. The summed E-state index contributed by atoms with van der Waals surface area (Å²) in [5.41, 5.74) is 0.470. The van der Waals surface area contributed by atoms with Crippen molar-refractivity contribution in [2.75, 3.05) is 13.4 Å². The van der Waals surface area contributed by atoms with Crippen molar-refractivity contribution in [1.82, 2.24) is 0 Å². The molecule has 108 valence electrons. The zero-order valence-electron chi connectivity index (χ0n) is 11.3. The number of fused-ring (bicyclic) bond motifs is 2. The van der Waals surface area contributed by atoms with Crippen LogP contribution in [-0.2, 0) is 4.79 Å². The lowest BCUT2D eigenvalue weighted by Crippen LogP contribution is -2.00. The third-order valence-corrected chi connectivity index (χ3v) is 3.04. The van der Waals surface area contributed by atoms with Crippen LogP contribution in [0.25, 0.3) is 11.0 Å². The lowest BCUT2D eigenvalue weighted by Gasteiger charge is -2.10. The van der Waals surface area contributed by atoms with Gasteiger partial charge >= 0.3 is 5.63 Å². The molecule has 21 heavy (non-hydrogen) atoms. The zero-order valence-corrected chi connectivity index (χ0v) is 11.3. The maximum Gasteiger partial charge on any atom is 0.336 e. The van der Waals surface area contributed by atoms with Crippen LogP contribution in [0.3, 0.4) is 0 Å². The first-order valence-electron chi connectivity index (χ1n) is 6.30. The Kier molecular flexibility index (Phi) is 3.35. The van der Waals surface area contributed by atoms with Gasteiger partial charge in [-0.15, -0.1) is 0 Å². The number of aldehydes is 1. The van der Waals surface area contributed by atoms with Gasteiger partial charge in [-0.25, -0.2) is 4.79 Å². The molecular weight excluding hydrogens is 276 g/mol. The van der Waals surface area contributed by atoms with Crippen molar-refractivity contribution in [1.29, 1.82) is 0 Å². The molecule has 3 rings (SSSR count). The average Bonchev–Trinajstić information content (AvgIpc) is 2.93. The van der Waals surface area contributed by atoms with Crippen molar-refractivity contribution in [2.24, 2.45) is 0 Å². The van der Waals surface area contributed by atoms with Crippen LogP contribution in [0.1, 0.15) is 6.92 Å². The van der Waals surface area contributed by atoms with E-state index in [0.717, 1.165) is 6.29 Å². The summed E-state index contributed by atoms with van der Waals surface area (Å²) in [6.45, 7) is 1.95. The number of hydrogen-bond donors (Lipinski definition) is 0. The first kappa shape index (κ1) is 13.2. The Morgan fingerprint density at radius 3 is 3.05 bits per heavy atom. The summed E-state index contributed by atoms with van der Waals surface area (Å²) in [7, 11) is 0. The Hall–Kier alpha value is -2.76. The van der Waals surface area contributed by atoms with Gasteiger partial charge in [0.1, 0.15) is 18.5 Å². The molecule has 0 N–H and O–H groups in total. The Bertz CT molecular complexity index is 787. The molecule has 0 saturated carbocycles. The van der Waals surface area contributed by atoms with E-state index in [9.17, 15) is 9.59 Å². The van der Waals surface area contributed by atoms with Crippen molar-refractivity contribution < 1.29 is 23.4 Å². The Morgan fingerprint density at radius 2 is 2.24 bits per heavy atom. The van der Waals surface area contributed by atoms with Crippen LogP contribution >= 0.6 is 0 Å². The summed E-state index contributed by atoms with van der Waals surface area (Å²) in [6, 6.07) is 4.51. The first-order chi connectivity index (χ1) is 10.2. The Labute approximate surface area is 119 Å². The van der Waals surface area contributed by atoms with Gasteiger partial charge in [-0.2, -0.15) is 0 Å². The minimum atomic E-state index is -0.455. The van der Waals surface area contributed by atoms with Crippen LogP contribution in [-0.4, -0.2) is 19.7 Å². The van der Waals surface area contributed by atoms with E-state index in [2.05, 4.69) is 0 Å². The highest BCUT2D eigenvalue weighted by Gasteiger charge is 2.23. The van der Waals surface area contributed by atoms with Gasteiger partial charge in [-0.3, -0.25) is 4.79 Å². The van der Waals surface area contributed by atoms with Crippen LogP contribution in [0.15, 0.2) is 39.1 Å². The van der Waals surface area contributed by atoms with Crippen molar-refractivity contribution in [3.8, 4) is 17.2 Å². The van der Waals surface area contributed by atoms with Gasteiger partial charge in [-0.05, 0) is 24.6 Å². The zero-order chi connectivity index (χ0) is 14.8. The lowest BCUT2D eigenvalue weighted by atomic mass is 10.2. The smallest absolute Gasteiger partial charge is 0.336 e. The van der Waals surface area contributed by atoms with Crippen molar-refractivity contribution in [3.63, 3.8) is 0 Å². The number of hydrogen-bond acceptors (Lipinski definition) is 6. The second-order valence-corrected chi connectivity index (χ2v) is 4.48. The predicted molar refractivity (Wildman–Crippen MR) is 73.9 cm³/mol. The summed E-state index contributed by atoms with van der Waals surface area (Å²) < 4.78 is 21.5. The largest absolute Gasteiger partial charge is 0.485 e. The van der Waals surface area contributed by atoms with E-state index >= 15 is 0 Å². The van der Waals surface area contributed by atoms with Crippen LogP contribution < -0.4 is 19.8 Å². The molecule has 6 nitrogen and oxygen atoms in total. The maximum absolute atomic E-state index is 11.3. The minimum Gasteiger partial charge on any atom is -0.485 e. The highest BCUT2D eigenvalue weighted by atomic mass is 16.7. The van der Waals surface area contributed by atoms with Gasteiger partial charge in [0.2, 0.25) is 12.5 Å². The number of ether oxygens (including phenoxy) is 3. The molecule has 1 aromatic carbocycles. The van der Waals surface area contributed by atoms with E-state index in [1.807, 2.05) is 0 Å². The second kappa shape index (κ2) is 5.32. The third-order valence-electron chi connectivity index (χ3n) is 3.04. The van der Waals surface area contributed by atoms with Crippen LogP contribution in [0.5, 0.6) is 17.2 Å². The maximum atomic E-state index is 11.3. The van der Waals surface area contributed by atoms with Gasteiger partial charge in [0, 0.05) is 12.1 Å². The van der Waals surface area contributed by atoms with Crippen molar-refractivity contribution >= 4 is 17.3 Å². The van der Waals surface area contributed by atoms with Crippen LogP contribution in [0.4, 0.5) is 0 Å². The topological polar surface area (TPSA) is 75.0 Å². The van der Waals surface area contributed by atoms with Crippen molar-refractivity contribution in [3.05, 3.63) is 40.3 Å². The molecule has 0 fully saturated rings. The molecule has 6 heteroatoms. The summed E-state index contributed by atoms with van der Waals surface area (Å²) in [5, 5.41) is 0.607. The van der Waals surface area contributed by atoms with E-state index in [1.165, 1.54) is 6.07 Å². The fourth-order valence-corrected chi connectivity index (χ4v) is 1.99. The van der Waals surface area contributed by atoms with E-state index < -0.39 is 5.63 Å². The summed E-state index contributed by atoms with van der Waals surface area (Å²) in [4.78, 5) is 21.9. The first-order valence-corrected chi connectivity index (χ1v) is 6.30. The molecule has 0 aliphatic carbocycles. The number of rotatable bonds is 4. The molecule has 0 unspecified atom stereocenters. The molecule has 2 heterocycles. The highest BCUT2D eigenvalue weighted by Crippen LogP contribution is 2.45. The van der Waals surface area contributed by atoms with Gasteiger partial charge in [0.15, 0.2) is 11.5 Å². The normalized spacial score (nSPS) is 13.5. The third kappa shape index (κ3) is 2.47. The summed E-state index contributed by atoms with van der Waals surface area (Å²) in [6.07, 6.45) is 2.39. The van der Waals surface area contributed by atoms with Crippen LogP contribution in [0, 0.1) is 0 Å². The van der Waals surface area contributed by atoms with Gasteiger partial charge < -0.3 is 18.6 Å². The molecule has 1 aliphatic heterocycles. The molecule has 0 bridgehead atoms. The number of allylic oxidation sites excluding steroid dienone is 1. The van der Waals surface area contributed by atoms with E-state index in [4.69, 9.17) is 18.6 Å². The fourth-order valence-electron chi connectivity index (χ4n) is 1.99. The molecule has 0 saturated heterocycles. The number of benzene rings is 1. The summed E-state index contributed by atoms with van der Waals surface area (Å²) in [5.74, 6) is 1.36. The number of carbonyl (C=O) groups is 1. The number of carbonyl (C=O) groups excluding carboxylic acids is 1. The molecule has 0 atom stereocenters. The Balaban J connectivity index is 2.06. The molecule has 0 spiro atoms. The summed E-state index contributed by atoms with van der Waals surface area (Å²) >= 11 is 0. The van der Waals surface area contributed by atoms with Gasteiger partial charge in [0.05, 0.1) is 5.39 Å².